The van der Waals surface area contributed by atoms with Crippen LogP contribution in [0.2, 0.25) is 0 Å². The van der Waals surface area contributed by atoms with E-state index in [4.69, 9.17) is 0 Å². The molecule has 2 aliphatic heterocycles. The highest BCUT2D eigenvalue weighted by molar-refractivity contribution is 5.45. The summed E-state index contributed by atoms with van der Waals surface area (Å²) in [6.45, 7) is 2.35. The second-order valence-corrected chi connectivity index (χ2v) is 7.54. The van der Waals surface area contributed by atoms with Crippen LogP contribution in [0, 0.1) is 5.41 Å². The summed E-state index contributed by atoms with van der Waals surface area (Å²) in [4.78, 5) is 2.63. The van der Waals surface area contributed by atoms with Crippen molar-refractivity contribution in [3.63, 3.8) is 0 Å². The monoisotopic (exact) mass is 305 g/mol. The Labute approximate surface area is 137 Å². The predicted octanol–water partition coefficient (Wildman–Crippen LogP) is 3.55. The zero-order valence-electron chi connectivity index (χ0n) is 13.4. The van der Waals surface area contributed by atoms with Crippen LogP contribution in [0.3, 0.4) is 0 Å². The molecule has 5 rings (SSSR count). The summed E-state index contributed by atoms with van der Waals surface area (Å²) in [5.74, 6) is 0. The van der Waals surface area contributed by atoms with Gasteiger partial charge in [-0.05, 0) is 43.4 Å². The lowest BCUT2D eigenvalue weighted by molar-refractivity contribution is -0.215. The molecular formula is C21H23NO. The quantitative estimate of drug-likeness (QED) is 0.937. The van der Waals surface area contributed by atoms with Gasteiger partial charge in [-0.2, -0.15) is 0 Å². The van der Waals surface area contributed by atoms with Crippen LogP contribution in [0.15, 0.2) is 60.7 Å². The van der Waals surface area contributed by atoms with Crippen LogP contribution in [0.5, 0.6) is 0 Å². The van der Waals surface area contributed by atoms with Gasteiger partial charge in [-0.1, -0.05) is 60.7 Å². The van der Waals surface area contributed by atoms with Crippen molar-refractivity contribution in [2.24, 2.45) is 5.41 Å². The van der Waals surface area contributed by atoms with Crippen LogP contribution < -0.4 is 0 Å². The fourth-order valence-corrected chi connectivity index (χ4v) is 5.87. The molecule has 2 saturated heterocycles. The van der Waals surface area contributed by atoms with Gasteiger partial charge in [0.15, 0.2) is 0 Å². The average Bonchev–Trinajstić information content (AvgIpc) is 2.72. The van der Waals surface area contributed by atoms with Crippen molar-refractivity contribution >= 4 is 0 Å². The molecule has 2 nitrogen and oxygen atoms in total. The maximum atomic E-state index is 12.2. The van der Waals surface area contributed by atoms with Crippen LogP contribution in [0.25, 0.3) is 0 Å². The van der Waals surface area contributed by atoms with Gasteiger partial charge in [0, 0.05) is 17.5 Å². The molecule has 2 heteroatoms. The van der Waals surface area contributed by atoms with Crippen LogP contribution in [-0.4, -0.2) is 28.6 Å². The lowest BCUT2D eigenvalue weighted by Crippen LogP contribution is -2.74. The Hall–Kier alpha value is -1.64. The molecule has 0 aromatic heterocycles. The molecule has 2 aromatic rings. The molecule has 3 fully saturated rings. The Bertz CT molecular complexity index is 685. The third-order valence-corrected chi connectivity index (χ3v) is 7.14. The SMILES string of the molecule is OC(c1ccccc1)(c1ccccc1)C12CCN3CCC31CC2. The summed E-state index contributed by atoms with van der Waals surface area (Å²) in [5, 5.41) is 12.2. The van der Waals surface area contributed by atoms with E-state index >= 15 is 0 Å². The first-order valence-corrected chi connectivity index (χ1v) is 8.82. The number of aliphatic hydroxyl groups is 1. The average molecular weight is 305 g/mol. The lowest BCUT2D eigenvalue weighted by Gasteiger charge is -2.69. The predicted molar refractivity (Wildman–Crippen MR) is 91.1 cm³/mol. The summed E-state index contributed by atoms with van der Waals surface area (Å²) >= 11 is 0. The Morgan fingerprint density at radius 2 is 1.30 bits per heavy atom. The topological polar surface area (TPSA) is 23.5 Å². The molecule has 0 bridgehead atoms. The first kappa shape index (κ1) is 13.8. The number of benzene rings is 2. The van der Waals surface area contributed by atoms with Gasteiger partial charge in [-0.15, -0.1) is 0 Å². The van der Waals surface area contributed by atoms with Crippen LogP contribution in [0.4, 0.5) is 0 Å². The van der Waals surface area contributed by atoms with E-state index < -0.39 is 5.60 Å². The van der Waals surface area contributed by atoms with E-state index in [-0.39, 0.29) is 11.0 Å². The minimum Gasteiger partial charge on any atom is -0.380 e. The normalized spacial score (nSPS) is 32.6. The van der Waals surface area contributed by atoms with E-state index in [2.05, 4.69) is 53.4 Å². The fourth-order valence-electron chi connectivity index (χ4n) is 5.87. The van der Waals surface area contributed by atoms with Crippen molar-refractivity contribution in [3.05, 3.63) is 71.8 Å². The van der Waals surface area contributed by atoms with E-state index in [0.29, 0.717) is 0 Å². The van der Waals surface area contributed by atoms with E-state index in [1.54, 1.807) is 0 Å². The Morgan fingerprint density at radius 1 is 0.739 bits per heavy atom. The van der Waals surface area contributed by atoms with E-state index in [9.17, 15) is 5.11 Å². The van der Waals surface area contributed by atoms with Crippen molar-refractivity contribution in [3.8, 4) is 0 Å². The Kier molecular flexibility index (Phi) is 2.67. The van der Waals surface area contributed by atoms with E-state index in [1.165, 1.54) is 19.4 Å². The number of hydrogen-bond donors (Lipinski definition) is 1. The lowest BCUT2D eigenvalue weighted by atomic mass is 9.43. The van der Waals surface area contributed by atoms with Gasteiger partial charge < -0.3 is 5.11 Å². The molecule has 0 amide bonds. The molecule has 2 aromatic carbocycles. The third kappa shape index (κ3) is 1.43. The second-order valence-electron chi connectivity index (χ2n) is 7.54. The van der Waals surface area contributed by atoms with Gasteiger partial charge in [0.2, 0.25) is 0 Å². The van der Waals surface area contributed by atoms with Gasteiger partial charge in [-0.3, -0.25) is 4.90 Å². The van der Waals surface area contributed by atoms with Gasteiger partial charge in [0.25, 0.3) is 0 Å². The minimum absolute atomic E-state index is 0.0268. The highest BCUT2D eigenvalue weighted by Crippen LogP contribution is 2.72. The smallest absolute Gasteiger partial charge is 0.122 e. The molecule has 2 atom stereocenters. The number of rotatable bonds is 3. The molecular weight excluding hydrogens is 282 g/mol. The molecule has 23 heavy (non-hydrogen) atoms. The molecule has 2 unspecified atom stereocenters. The summed E-state index contributed by atoms with van der Waals surface area (Å²) < 4.78 is 0. The second kappa shape index (κ2) is 4.46. The largest absolute Gasteiger partial charge is 0.380 e. The van der Waals surface area contributed by atoms with Crippen molar-refractivity contribution in [1.29, 1.82) is 0 Å². The molecule has 1 saturated carbocycles. The zero-order chi connectivity index (χ0) is 15.5. The van der Waals surface area contributed by atoms with Crippen molar-refractivity contribution in [2.75, 3.05) is 13.1 Å². The third-order valence-electron chi connectivity index (χ3n) is 7.14. The van der Waals surface area contributed by atoms with Gasteiger partial charge in [0.1, 0.15) is 5.60 Å². The van der Waals surface area contributed by atoms with E-state index in [0.717, 1.165) is 30.5 Å². The molecule has 1 spiro atoms. The van der Waals surface area contributed by atoms with Gasteiger partial charge in [-0.25, -0.2) is 0 Å². The zero-order valence-corrected chi connectivity index (χ0v) is 13.4. The van der Waals surface area contributed by atoms with Crippen LogP contribution in [0.1, 0.15) is 36.8 Å². The molecule has 1 N–H and O–H groups in total. The molecule has 2 heterocycles. The van der Waals surface area contributed by atoms with Crippen LogP contribution in [-0.2, 0) is 5.60 Å². The first-order valence-electron chi connectivity index (χ1n) is 8.82. The Morgan fingerprint density at radius 3 is 1.74 bits per heavy atom. The summed E-state index contributed by atoms with van der Waals surface area (Å²) in [7, 11) is 0. The molecule has 0 radical (unpaired) electrons. The summed E-state index contributed by atoms with van der Waals surface area (Å²) in [5.41, 5.74) is 1.44. The molecule has 1 aliphatic carbocycles. The van der Waals surface area contributed by atoms with Crippen molar-refractivity contribution < 1.29 is 5.11 Å². The fraction of sp³-hybridized carbons (Fsp3) is 0.429. The van der Waals surface area contributed by atoms with E-state index in [1.807, 2.05) is 12.1 Å². The molecule has 118 valence electrons. The standard InChI is InChI=1S/C21H23NO/c23-21(17-7-3-1-4-8-17,18-9-5-2-6-10-18)19-11-12-20(19)14-16-22(20)15-13-19/h1-10,23H,11-16H2. The Balaban J connectivity index is 1.74. The maximum Gasteiger partial charge on any atom is 0.122 e. The number of nitrogens with zero attached hydrogens (tertiary/aromatic N) is 1. The summed E-state index contributed by atoms with van der Waals surface area (Å²) in [6.07, 6.45) is 4.72. The molecule has 3 aliphatic rings. The number of hydrogen-bond acceptors (Lipinski definition) is 2. The van der Waals surface area contributed by atoms with Crippen molar-refractivity contribution in [2.45, 2.75) is 36.8 Å². The van der Waals surface area contributed by atoms with Crippen molar-refractivity contribution in [1.82, 2.24) is 4.90 Å². The minimum atomic E-state index is -0.886. The highest BCUT2D eigenvalue weighted by Gasteiger charge is 2.76. The summed E-state index contributed by atoms with van der Waals surface area (Å²) in [6, 6.07) is 20.7. The highest BCUT2D eigenvalue weighted by atomic mass is 16.3. The maximum absolute atomic E-state index is 12.2. The first-order chi connectivity index (χ1) is 11.2. The van der Waals surface area contributed by atoms with Gasteiger partial charge in [0.05, 0.1) is 0 Å². The van der Waals surface area contributed by atoms with Crippen LogP contribution >= 0.6 is 0 Å². The van der Waals surface area contributed by atoms with Gasteiger partial charge >= 0.3 is 0 Å².